The molecule has 2 aliphatic carbocycles. The molecule has 1 nitrogen and oxygen atoms in total. The third kappa shape index (κ3) is 2.04. The molecule has 0 N–H and O–H groups in total. The van der Waals surface area contributed by atoms with Gasteiger partial charge in [0.15, 0.2) is 0 Å². The van der Waals surface area contributed by atoms with Crippen LogP contribution < -0.4 is 0 Å². The van der Waals surface area contributed by atoms with E-state index in [1.165, 1.54) is 29.5 Å². The van der Waals surface area contributed by atoms with Gasteiger partial charge < -0.3 is 4.79 Å². The van der Waals surface area contributed by atoms with Crippen molar-refractivity contribution in [2.24, 2.45) is 5.92 Å². The summed E-state index contributed by atoms with van der Waals surface area (Å²) in [6.45, 7) is 9.42. The normalized spacial score (nSPS) is 30.5. The van der Waals surface area contributed by atoms with Crippen molar-refractivity contribution in [3.8, 4) is 0 Å². The molecule has 0 saturated heterocycles. The van der Waals surface area contributed by atoms with Crippen molar-refractivity contribution in [2.75, 3.05) is 0 Å². The van der Waals surface area contributed by atoms with Gasteiger partial charge in [0.1, 0.15) is 6.29 Å². The molecule has 0 radical (unpaired) electrons. The van der Waals surface area contributed by atoms with Gasteiger partial charge in [0.2, 0.25) is 0 Å². The smallest absolute Gasteiger partial charge is 0.123 e. The lowest BCUT2D eigenvalue weighted by Crippen LogP contribution is -2.33. The Hall–Kier alpha value is -1.11. The van der Waals surface area contributed by atoms with Crippen molar-refractivity contribution in [3.05, 3.63) is 34.9 Å². The minimum Gasteiger partial charge on any atom is -0.303 e. The Balaban J connectivity index is 2.05. The van der Waals surface area contributed by atoms with Crippen LogP contribution in [0.1, 0.15) is 69.6 Å². The van der Waals surface area contributed by atoms with Crippen LogP contribution in [0, 0.1) is 5.92 Å². The Morgan fingerprint density at radius 3 is 2.26 bits per heavy atom. The Labute approximate surface area is 116 Å². The van der Waals surface area contributed by atoms with Crippen LogP contribution in [0.4, 0.5) is 0 Å². The summed E-state index contributed by atoms with van der Waals surface area (Å²) in [6.07, 6.45) is 4.68. The zero-order valence-electron chi connectivity index (χ0n) is 12.5. The van der Waals surface area contributed by atoms with E-state index in [0.717, 1.165) is 12.7 Å². The van der Waals surface area contributed by atoms with E-state index in [2.05, 4.69) is 45.9 Å². The molecule has 1 aromatic carbocycles. The summed E-state index contributed by atoms with van der Waals surface area (Å²) in [4.78, 5) is 10.9. The average molecular weight is 256 g/mol. The monoisotopic (exact) mass is 256 g/mol. The third-order valence-electron chi connectivity index (χ3n) is 5.32. The number of hydrogen-bond donors (Lipinski definition) is 0. The quantitative estimate of drug-likeness (QED) is 0.719. The van der Waals surface area contributed by atoms with Crippen molar-refractivity contribution in [2.45, 2.75) is 63.7 Å². The summed E-state index contributed by atoms with van der Waals surface area (Å²) in [5, 5.41) is 0. The fourth-order valence-corrected chi connectivity index (χ4v) is 3.59. The third-order valence-corrected chi connectivity index (χ3v) is 5.32. The topological polar surface area (TPSA) is 17.1 Å². The van der Waals surface area contributed by atoms with E-state index in [-0.39, 0.29) is 16.7 Å². The van der Waals surface area contributed by atoms with Crippen LogP contribution in [0.2, 0.25) is 0 Å². The molecule has 2 aliphatic rings. The van der Waals surface area contributed by atoms with Gasteiger partial charge in [0, 0.05) is 5.92 Å². The van der Waals surface area contributed by atoms with E-state index in [4.69, 9.17) is 0 Å². The molecular weight excluding hydrogens is 232 g/mol. The van der Waals surface area contributed by atoms with Crippen molar-refractivity contribution in [1.82, 2.24) is 0 Å². The van der Waals surface area contributed by atoms with E-state index in [1.807, 2.05) is 0 Å². The molecule has 0 amide bonds. The van der Waals surface area contributed by atoms with Gasteiger partial charge in [-0.15, -0.1) is 0 Å². The number of hydrogen-bond acceptors (Lipinski definition) is 1. The van der Waals surface area contributed by atoms with Crippen LogP contribution in [0.5, 0.6) is 0 Å². The zero-order valence-corrected chi connectivity index (χ0v) is 12.5. The molecule has 0 spiro atoms. The van der Waals surface area contributed by atoms with E-state index in [1.54, 1.807) is 0 Å². The highest BCUT2D eigenvalue weighted by Crippen LogP contribution is 2.50. The number of carbonyl (C=O) groups is 1. The maximum atomic E-state index is 10.9. The summed E-state index contributed by atoms with van der Waals surface area (Å²) in [6, 6.07) is 6.98. The second-order valence-electron chi connectivity index (χ2n) is 7.71. The van der Waals surface area contributed by atoms with Crippen molar-refractivity contribution in [1.29, 1.82) is 0 Å². The Morgan fingerprint density at radius 1 is 1.05 bits per heavy atom. The van der Waals surface area contributed by atoms with Crippen molar-refractivity contribution in [3.63, 3.8) is 0 Å². The van der Waals surface area contributed by atoms with Crippen molar-refractivity contribution >= 4 is 6.29 Å². The molecule has 1 fully saturated rings. The van der Waals surface area contributed by atoms with Crippen LogP contribution >= 0.6 is 0 Å². The molecule has 0 heterocycles. The van der Waals surface area contributed by atoms with Crippen LogP contribution in [0.15, 0.2) is 18.2 Å². The largest absolute Gasteiger partial charge is 0.303 e. The number of carbonyl (C=O) groups excluding carboxylic acids is 1. The van der Waals surface area contributed by atoms with Gasteiger partial charge in [-0.2, -0.15) is 0 Å². The maximum Gasteiger partial charge on any atom is 0.123 e. The highest BCUT2D eigenvalue weighted by molar-refractivity contribution is 5.62. The number of benzene rings is 1. The summed E-state index contributed by atoms with van der Waals surface area (Å²) < 4.78 is 0. The lowest BCUT2D eigenvalue weighted by molar-refractivity contribution is -0.108. The Morgan fingerprint density at radius 2 is 1.68 bits per heavy atom. The SMILES string of the molecule is CC1(C)CCC(C)(C)c2cc(C3CC3C=O)ccc21. The first-order valence-electron chi connectivity index (χ1n) is 7.45. The first-order valence-corrected chi connectivity index (χ1v) is 7.45. The minimum absolute atomic E-state index is 0.270. The molecular formula is C18H24O. The van der Waals surface area contributed by atoms with Crippen LogP contribution in [-0.4, -0.2) is 6.29 Å². The fraction of sp³-hybridized carbons (Fsp3) is 0.611. The summed E-state index contributed by atoms with van der Waals surface area (Å²) in [5.74, 6) is 0.765. The van der Waals surface area contributed by atoms with Crippen LogP contribution in [-0.2, 0) is 15.6 Å². The molecule has 102 valence electrons. The molecule has 0 aliphatic heterocycles. The predicted octanol–water partition coefficient (Wildman–Crippen LogP) is 4.34. The van der Waals surface area contributed by atoms with Gasteiger partial charge in [-0.25, -0.2) is 0 Å². The maximum absolute atomic E-state index is 10.9. The van der Waals surface area contributed by atoms with E-state index in [0.29, 0.717) is 5.92 Å². The lowest BCUT2D eigenvalue weighted by Gasteiger charge is -2.42. The van der Waals surface area contributed by atoms with E-state index in [9.17, 15) is 4.79 Å². The number of fused-ring (bicyclic) bond motifs is 1. The number of aldehydes is 1. The lowest BCUT2D eigenvalue weighted by atomic mass is 9.63. The Bertz CT molecular complexity index is 524. The van der Waals surface area contributed by atoms with E-state index < -0.39 is 0 Å². The molecule has 1 heteroatoms. The minimum atomic E-state index is 0.270. The average Bonchev–Trinajstić information content (AvgIpc) is 3.14. The summed E-state index contributed by atoms with van der Waals surface area (Å²) in [5.41, 5.74) is 4.96. The molecule has 1 aromatic rings. The molecule has 19 heavy (non-hydrogen) atoms. The van der Waals surface area contributed by atoms with Gasteiger partial charge >= 0.3 is 0 Å². The zero-order chi connectivity index (χ0) is 13.8. The molecule has 0 bridgehead atoms. The molecule has 0 aromatic heterocycles. The summed E-state index contributed by atoms with van der Waals surface area (Å²) in [7, 11) is 0. The second kappa shape index (κ2) is 3.94. The first-order chi connectivity index (χ1) is 8.85. The predicted molar refractivity (Wildman–Crippen MR) is 78.6 cm³/mol. The van der Waals surface area contributed by atoms with Gasteiger partial charge in [-0.05, 0) is 52.7 Å². The fourth-order valence-electron chi connectivity index (χ4n) is 3.59. The van der Waals surface area contributed by atoms with Gasteiger partial charge in [-0.1, -0.05) is 45.9 Å². The summed E-state index contributed by atoms with van der Waals surface area (Å²) >= 11 is 0. The highest BCUT2D eigenvalue weighted by Gasteiger charge is 2.41. The first kappa shape index (κ1) is 12.9. The second-order valence-corrected chi connectivity index (χ2v) is 7.71. The molecule has 2 atom stereocenters. The van der Waals surface area contributed by atoms with Crippen LogP contribution in [0.3, 0.4) is 0 Å². The van der Waals surface area contributed by atoms with Crippen molar-refractivity contribution < 1.29 is 4.79 Å². The molecule has 1 saturated carbocycles. The van der Waals surface area contributed by atoms with Gasteiger partial charge in [-0.3, -0.25) is 0 Å². The van der Waals surface area contributed by atoms with Crippen LogP contribution in [0.25, 0.3) is 0 Å². The highest BCUT2D eigenvalue weighted by atomic mass is 16.1. The number of rotatable bonds is 2. The Kier molecular flexibility index (Phi) is 2.68. The van der Waals surface area contributed by atoms with E-state index >= 15 is 0 Å². The molecule has 3 rings (SSSR count). The molecule has 2 unspecified atom stereocenters. The standard InChI is InChI=1S/C18H24O/c1-17(2)7-8-18(3,4)16-10-12(5-6-15(16)17)14-9-13(14)11-19/h5-6,10-11,13-14H,7-9H2,1-4H3. The van der Waals surface area contributed by atoms with Gasteiger partial charge in [0.05, 0.1) is 0 Å². The van der Waals surface area contributed by atoms with Gasteiger partial charge in [0.25, 0.3) is 0 Å².